The van der Waals surface area contributed by atoms with Gasteiger partial charge in [-0.25, -0.2) is 14.8 Å². The molecular formula is C17H22N8O3. The number of nitrogens with zero attached hydrogens (tertiary/aromatic N) is 5. The lowest BCUT2D eigenvalue weighted by Crippen LogP contribution is -2.49. The van der Waals surface area contributed by atoms with Crippen molar-refractivity contribution in [3.05, 3.63) is 36.4 Å². The maximum atomic E-state index is 12.1. The Kier molecular flexibility index (Phi) is 6.04. The van der Waals surface area contributed by atoms with Gasteiger partial charge in [-0.05, 0) is 19.1 Å². The maximum Gasteiger partial charge on any atom is 0.409 e. The average Bonchev–Trinajstić information content (AvgIpc) is 2.74. The fourth-order valence-corrected chi connectivity index (χ4v) is 2.73. The number of hydrogen-bond acceptors (Lipinski definition) is 9. The molecule has 1 fully saturated rings. The van der Waals surface area contributed by atoms with Crippen LogP contribution in [0.5, 0.6) is 0 Å². The molecule has 2 aromatic heterocycles. The van der Waals surface area contributed by atoms with Crippen LogP contribution in [-0.4, -0.2) is 64.6 Å². The predicted molar refractivity (Wildman–Crippen MR) is 103 cm³/mol. The number of carbonyl (C=O) groups is 2. The van der Waals surface area contributed by atoms with E-state index in [0.717, 1.165) is 0 Å². The normalized spacial score (nSPS) is 13.8. The molecule has 11 nitrogen and oxygen atoms in total. The van der Waals surface area contributed by atoms with Crippen molar-refractivity contribution in [2.75, 3.05) is 48.8 Å². The van der Waals surface area contributed by atoms with E-state index in [1.54, 1.807) is 30.0 Å². The number of carbonyl (C=O) groups excluding carboxylic acids is 2. The number of hydrazine groups is 1. The SMILES string of the molecule is CCOC(=O)N1CCN(c2ncnc(NNC(=O)c3ccccn3)c2N)CC1. The summed E-state index contributed by atoms with van der Waals surface area (Å²) in [4.78, 5) is 39.8. The number of aromatic nitrogens is 3. The minimum absolute atomic E-state index is 0.262. The molecule has 0 spiro atoms. The predicted octanol–water partition coefficient (Wildman–Crippen LogP) is 0.489. The number of nitrogens with one attached hydrogen (secondary N) is 2. The number of anilines is 3. The highest BCUT2D eigenvalue weighted by Crippen LogP contribution is 2.26. The molecule has 148 valence electrons. The molecule has 1 aliphatic heterocycles. The van der Waals surface area contributed by atoms with Gasteiger partial charge < -0.3 is 20.3 Å². The maximum absolute atomic E-state index is 12.1. The van der Waals surface area contributed by atoms with Gasteiger partial charge in [-0.15, -0.1) is 0 Å². The smallest absolute Gasteiger partial charge is 0.409 e. The Labute approximate surface area is 161 Å². The summed E-state index contributed by atoms with van der Waals surface area (Å²) in [6.07, 6.45) is 2.57. The van der Waals surface area contributed by atoms with Crippen molar-refractivity contribution < 1.29 is 14.3 Å². The van der Waals surface area contributed by atoms with E-state index in [0.29, 0.717) is 44.3 Å². The minimum Gasteiger partial charge on any atom is -0.450 e. The Morgan fingerprint density at radius 3 is 2.64 bits per heavy atom. The molecule has 2 amide bonds. The van der Waals surface area contributed by atoms with E-state index in [-0.39, 0.29) is 17.6 Å². The number of hydrogen-bond donors (Lipinski definition) is 3. The molecule has 0 bridgehead atoms. The van der Waals surface area contributed by atoms with Gasteiger partial charge in [0.15, 0.2) is 11.6 Å². The van der Waals surface area contributed by atoms with Crippen molar-refractivity contribution in [1.29, 1.82) is 0 Å². The lowest BCUT2D eigenvalue weighted by Gasteiger charge is -2.35. The molecule has 1 aliphatic rings. The molecule has 0 unspecified atom stereocenters. The van der Waals surface area contributed by atoms with Crippen molar-refractivity contribution in [2.45, 2.75) is 6.92 Å². The largest absolute Gasteiger partial charge is 0.450 e. The number of amides is 2. The highest BCUT2D eigenvalue weighted by atomic mass is 16.6. The Morgan fingerprint density at radius 1 is 1.18 bits per heavy atom. The van der Waals surface area contributed by atoms with Crippen LogP contribution in [-0.2, 0) is 4.74 Å². The van der Waals surface area contributed by atoms with Gasteiger partial charge in [0.1, 0.15) is 17.7 Å². The second-order valence-corrected chi connectivity index (χ2v) is 5.93. The van der Waals surface area contributed by atoms with Crippen LogP contribution in [0.3, 0.4) is 0 Å². The fourth-order valence-electron chi connectivity index (χ4n) is 2.73. The Hall–Kier alpha value is -3.63. The van der Waals surface area contributed by atoms with Gasteiger partial charge in [0.05, 0.1) is 6.61 Å². The molecule has 28 heavy (non-hydrogen) atoms. The third kappa shape index (κ3) is 4.37. The summed E-state index contributed by atoms with van der Waals surface area (Å²) in [6, 6.07) is 5.03. The quantitative estimate of drug-likeness (QED) is 0.626. The van der Waals surface area contributed by atoms with Crippen LogP contribution in [0.1, 0.15) is 17.4 Å². The van der Waals surface area contributed by atoms with Crippen molar-refractivity contribution in [3.63, 3.8) is 0 Å². The lowest BCUT2D eigenvalue weighted by molar-refractivity contribution is 0.0957. The van der Waals surface area contributed by atoms with Crippen LogP contribution >= 0.6 is 0 Å². The van der Waals surface area contributed by atoms with Gasteiger partial charge in [-0.1, -0.05) is 6.07 Å². The van der Waals surface area contributed by atoms with E-state index in [1.165, 1.54) is 12.5 Å². The van der Waals surface area contributed by atoms with E-state index in [4.69, 9.17) is 10.5 Å². The van der Waals surface area contributed by atoms with Crippen LogP contribution in [0, 0.1) is 0 Å². The van der Waals surface area contributed by atoms with Gasteiger partial charge in [0.2, 0.25) is 0 Å². The first-order valence-corrected chi connectivity index (χ1v) is 8.84. The number of ether oxygens (including phenoxy) is 1. The first-order chi connectivity index (χ1) is 13.6. The zero-order chi connectivity index (χ0) is 19.9. The minimum atomic E-state index is -0.414. The highest BCUT2D eigenvalue weighted by Gasteiger charge is 2.24. The molecule has 1 saturated heterocycles. The van der Waals surface area contributed by atoms with Crippen molar-refractivity contribution in [3.8, 4) is 0 Å². The molecular weight excluding hydrogens is 364 g/mol. The second-order valence-electron chi connectivity index (χ2n) is 5.93. The van der Waals surface area contributed by atoms with Crippen LogP contribution in [0.15, 0.2) is 30.7 Å². The van der Waals surface area contributed by atoms with Crippen LogP contribution in [0.4, 0.5) is 22.1 Å². The number of pyridine rings is 1. The summed E-state index contributed by atoms with van der Waals surface area (Å²) in [5.41, 5.74) is 12.0. The van der Waals surface area contributed by atoms with E-state index >= 15 is 0 Å². The topological polar surface area (TPSA) is 139 Å². The van der Waals surface area contributed by atoms with Gasteiger partial charge in [-0.2, -0.15) is 0 Å². The highest BCUT2D eigenvalue weighted by molar-refractivity contribution is 5.93. The van der Waals surface area contributed by atoms with E-state index < -0.39 is 5.91 Å². The fraction of sp³-hybridized carbons (Fsp3) is 0.353. The first-order valence-electron chi connectivity index (χ1n) is 8.84. The number of piperazine rings is 1. The summed E-state index contributed by atoms with van der Waals surface area (Å²) < 4.78 is 5.02. The number of nitrogen functional groups attached to an aromatic ring is 1. The molecule has 0 aromatic carbocycles. The summed E-state index contributed by atoms with van der Waals surface area (Å²) >= 11 is 0. The molecule has 3 heterocycles. The standard InChI is InChI=1S/C17H22N8O3/c1-2-28-17(27)25-9-7-24(8-10-25)15-13(18)14(20-11-21-15)22-23-16(26)12-5-3-4-6-19-12/h3-6,11H,2,7-10,18H2,1H3,(H,23,26)(H,20,21,22). The van der Waals surface area contributed by atoms with E-state index in [9.17, 15) is 9.59 Å². The van der Waals surface area contributed by atoms with Gasteiger partial charge in [0.25, 0.3) is 5.91 Å². The molecule has 0 radical (unpaired) electrons. The Balaban J connectivity index is 1.62. The average molecular weight is 386 g/mol. The molecule has 4 N–H and O–H groups in total. The summed E-state index contributed by atoms with van der Waals surface area (Å²) in [7, 11) is 0. The first kappa shape index (κ1) is 19.1. The number of nitrogens with two attached hydrogens (primary N) is 1. The molecule has 3 rings (SSSR count). The zero-order valence-electron chi connectivity index (χ0n) is 15.5. The van der Waals surface area contributed by atoms with Gasteiger partial charge >= 0.3 is 6.09 Å². The summed E-state index contributed by atoms with van der Waals surface area (Å²) in [6.45, 7) is 4.23. The monoisotopic (exact) mass is 386 g/mol. The zero-order valence-corrected chi connectivity index (χ0v) is 15.5. The van der Waals surface area contributed by atoms with Crippen LogP contribution < -0.4 is 21.5 Å². The lowest BCUT2D eigenvalue weighted by atomic mass is 10.3. The van der Waals surface area contributed by atoms with Gasteiger partial charge in [0, 0.05) is 32.4 Å². The second kappa shape index (κ2) is 8.84. The molecule has 2 aromatic rings. The van der Waals surface area contributed by atoms with E-state index in [1.807, 2.05) is 4.90 Å². The van der Waals surface area contributed by atoms with Crippen molar-refractivity contribution in [2.24, 2.45) is 0 Å². The summed E-state index contributed by atoms with van der Waals surface area (Å²) in [5, 5.41) is 0. The third-order valence-electron chi connectivity index (χ3n) is 4.16. The Bertz CT molecular complexity index is 824. The van der Waals surface area contributed by atoms with Crippen LogP contribution in [0.2, 0.25) is 0 Å². The number of rotatable bonds is 5. The molecule has 11 heteroatoms. The van der Waals surface area contributed by atoms with Gasteiger partial charge in [-0.3, -0.25) is 20.6 Å². The van der Waals surface area contributed by atoms with E-state index in [2.05, 4.69) is 25.8 Å². The Morgan fingerprint density at radius 2 is 1.96 bits per heavy atom. The van der Waals surface area contributed by atoms with Crippen molar-refractivity contribution >= 4 is 29.3 Å². The molecule has 0 saturated carbocycles. The molecule has 0 atom stereocenters. The summed E-state index contributed by atoms with van der Waals surface area (Å²) in [5.74, 6) is 0.401. The molecule has 0 aliphatic carbocycles. The third-order valence-corrected chi connectivity index (χ3v) is 4.16. The van der Waals surface area contributed by atoms with Crippen LogP contribution in [0.25, 0.3) is 0 Å². The van der Waals surface area contributed by atoms with Crippen molar-refractivity contribution in [1.82, 2.24) is 25.3 Å².